The molecular formula is C21H26N4O3. The third-order valence-electron chi connectivity index (χ3n) is 6.81. The first-order valence-electron chi connectivity index (χ1n) is 10.3. The Hall–Kier alpha value is -2.25. The zero-order valence-electron chi connectivity index (χ0n) is 15.9. The molecule has 3 N–H and O–H groups in total. The lowest BCUT2D eigenvalue weighted by molar-refractivity contribution is -0.136. The van der Waals surface area contributed by atoms with Gasteiger partial charge in [-0.25, -0.2) is 0 Å². The van der Waals surface area contributed by atoms with Crippen molar-refractivity contribution in [1.29, 1.82) is 0 Å². The number of piperidine rings is 1. The summed E-state index contributed by atoms with van der Waals surface area (Å²) < 4.78 is 0. The summed E-state index contributed by atoms with van der Waals surface area (Å²) >= 11 is 0. The topological polar surface area (TPSA) is 90.5 Å². The molecule has 0 radical (unpaired) electrons. The van der Waals surface area contributed by atoms with Crippen molar-refractivity contribution in [3.63, 3.8) is 0 Å². The average molecular weight is 382 g/mol. The largest absolute Gasteiger partial charge is 0.322 e. The second-order valence-corrected chi connectivity index (χ2v) is 8.56. The Balaban J connectivity index is 1.25. The molecular weight excluding hydrogens is 356 g/mol. The van der Waals surface area contributed by atoms with Crippen LogP contribution >= 0.6 is 0 Å². The number of hydrogen-bond acceptors (Lipinski definition) is 5. The number of imide groups is 1. The van der Waals surface area contributed by atoms with Gasteiger partial charge in [0.25, 0.3) is 5.91 Å². The fourth-order valence-corrected chi connectivity index (χ4v) is 5.25. The number of carbonyl (C=O) groups is 3. The van der Waals surface area contributed by atoms with E-state index in [1.54, 1.807) is 4.90 Å². The van der Waals surface area contributed by atoms with Crippen LogP contribution in [0.3, 0.4) is 0 Å². The molecule has 3 amide bonds. The minimum Gasteiger partial charge on any atom is -0.322 e. The van der Waals surface area contributed by atoms with Crippen LogP contribution in [0.5, 0.6) is 0 Å². The number of hydrogen-bond donors (Lipinski definition) is 3. The Bertz CT molecular complexity index is 839. The number of fused-ring (bicyclic) bond motifs is 3. The molecule has 4 unspecified atom stereocenters. The highest BCUT2D eigenvalue weighted by Crippen LogP contribution is 2.31. The summed E-state index contributed by atoms with van der Waals surface area (Å²) in [5.41, 5.74) is 2.82. The second-order valence-electron chi connectivity index (χ2n) is 8.56. The Kier molecular flexibility index (Phi) is 4.44. The molecule has 1 aliphatic carbocycles. The van der Waals surface area contributed by atoms with Gasteiger partial charge in [-0.15, -0.1) is 0 Å². The van der Waals surface area contributed by atoms with Gasteiger partial charge in [-0.1, -0.05) is 12.1 Å². The quantitative estimate of drug-likeness (QED) is 0.666. The highest BCUT2D eigenvalue weighted by molar-refractivity contribution is 6.05. The van der Waals surface area contributed by atoms with Gasteiger partial charge >= 0.3 is 0 Å². The maximum absolute atomic E-state index is 12.8. The van der Waals surface area contributed by atoms with Crippen molar-refractivity contribution in [1.82, 2.24) is 20.9 Å². The summed E-state index contributed by atoms with van der Waals surface area (Å²) in [6.45, 7) is 2.35. The van der Waals surface area contributed by atoms with Crippen molar-refractivity contribution in [3.8, 4) is 0 Å². The molecule has 4 aliphatic rings. The number of amides is 3. The van der Waals surface area contributed by atoms with Gasteiger partial charge in [0.15, 0.2) is 0 Å². The molecule has 2 saturated heterocycles. The second kappa shape index (κ2) is 6.97. The minimum atomic E-state index is -0.552. The molecule has 1 aromatic rings. The third-order valence-corrected chi connectivity index (χ3v) is 6.81. The zero-order chi connectivity index (χ0) is 19.3. The fourth-order valence-electron chi connectivity index (χ4n) is 5.25. The highest BCUT2D eigenvalue weighted by Gasteiger charge is 2.39. The molecule has 1 saturated carbocycles. The van der Waals surface area contributed by atoms with Gasteiger partial charge in [0, 0.05) is 37.2 Å². The van der Waals surface area contributed by atoms with Gasteiger partial charge in [-0.05, 0) is 55.3 Å². The number of carbonyl (C=O) groups excluding carboxylic acids is 3. The molecule has 3 aliphatic heterocycles. The maximum Gasteiger partial charge on any atom is 0.255 e. The minimum absolute atomic E-state index is 0.112. The molecule has 3 fully saturated rings. The Labute approximate surface area is 164 Å². The summed E-state index contributed by atoms with van der Waals surface area (Å²) in [4.78, 5) is 37.9. The van der Waals surface area contributed by atoms with E-state index in [4.69, 9.17) is 0 Å². The Morgan fingerprint density at radius 2 is 2.04 bits per heavy atom. The fraction of sp³-hybridized carbons (Fsp3) is 0.571. The lowest BCUT2D eigenvalue weighted by atomic mass is 9.85. The molecule has 28 heavy (non-hydrogen) atoms. The first-order valence-corrected chi connectivity index (χ1v) is 10.3. The van der Waals surface area contributed by atoms with Crippen molar-refractivity contribution >= 4 is 17.7 Å². The molecule has 7 nitrogen and oxygen atoms in total. The number of rotatable bonds is 4. The molecule has 0 spiro atoms. The number of nitrogens with one attached hydrogen (secondary N) is 3. The summed E-state index contributed by atoms with van der Waals surface area (Å²) in [6, 6.07) is 6.70. The normalized spacial score (nSPS) is 31.9. The van der Waals surface area contributed by atoms with Crippen molar-refractivity contribution in [2.75, 3.05) is 6.54 Å². The SMILES string of the molecule is O=C1CCC(N2Cc3cc(CNC4CCC5CC4CN5)ccc3C2=O)C(=O)N1. The first kappa shape index (κ1) is 17.8. The summed E-state index contributed by atoms with van der Waals surface area (Å²) in [5.74, 6) is -0.0116. The lowest BCUT2D eigenvalue weighted by Gasteiger charge is -2.29. The molecule has 3 heterocycles. The molecule has 7 heteroatoms. The predicted molar refractivity (Wildman–Crippen MR) is 102 cm³/mol. The van der Waals surface area contributed by atoms with Gasteiger partial charge in [0.2, 0.25) is 11.8 Å². The first-order chi connectivity index (χ1) is 13.6. The van der Waals surface area contributed by atoms with Gasteiger partial charge in [0.1, 0.15) is 6.04 Å². The van der Waals surface area contributed by atoms with Gasteiger partial charge in [0.05, 0.1) is 0 Å². The van der Waals surface area contributed by atoms with Crippen LogP contribution in [-0.2, 0) is 22.7 Å². The van der Waals surface area contributed by atoms with Crippen LogP contribution in [0, 0.1) is 5.92 Å². The number of benzene rings is 1. The molecule has 148 valence electrons. The van der Waals surface area contributed by atoms with E-state index in [1.807, 2.05) is 12.1 Å². The highest BCUT2D eigenvalue weighted by atomic mass is 16.2. The van der Waals surface area contributed by atoms with Crippen LogP contribution in [0.1, 0.15) is 53.6 Å². The molecule has 2 bridgehead atoms. The van der Waals surface area contributed by atoms with Crippen LogP contribution in [0.25, 0.3) is 0 Å². The Morgan fingerprint density at radius 1 is 1.14 bits per heavy atom. The van der Waals surface area contributed by atoms with E-state index in [0.29, 0.717) is 30.6 Å². The van der Waals surface area contributed by atoms with E-state index < -0.39 is 6.04 Å². The average Bonchev–Trinajstić information content (AvgIpc) is 3.22. The summed E-state index contributed by atoms with van der Waals surface area (Å²) in [5, 5.41) is 9.65. The standard InChI is InChI=1S/C21H26N4O3/c26-19-6-5-18(20(27)24-19)25-11-14-7-12(1-3-16(14)21(25)28)9-23-17-4-2-15-8-13(17)10-22-15/h1,3,7,13,15,17-18,22-23H,2,4-6,8-11H2,(H,24,26,27). The van der Waals surface area contributed by atoms with Crippen molar-refractivity contribution in [2.45, 2.75) is 63.3 Å². The van der Waals surface area contributed by atoms with Crippen LogP contribution in [0.4, 0.5) is 0 Å². The smallest absolute Gasteiger partial charge is 0.255 e. The molecule has 1 aromatic carbocycles. The monoisotopic (exact) mass is 382 g/mol. The van der Waals surface area contributed by atoms with Crippen LogP contribution < -0.4 is 16.0 Å². The third kappa shape index (κ3) is 3.12. The van der Waals surface area contributed by atoms with E-state index in [-0.39, 0.29) is 24.1 Å². The van der Waals surface area contributed by atoms with Gasteiger partial charge in [-0.3, -0.25) is 19.7 Å². The predicted octanol–water partition coefficient (Wildman–Crippen LogP) is 0.678. The van der Waals surface area contributed by atoms with Gasteiger partial charge < -0.3 is 15.5 Å². The lowest BCUT2D eigenvalue weighted by Crippen LogP contribution is -2.52. The molecule has 0 aromatic heterocycles. The maximum atomic E-state index is 12.8. The van der Waals surface area contributed by atoms with Crippen molar-refractivity contribution in [2.24, 2.45) is 5.92 Å². The number of nitrogens with zero attached hydrogens (tertiary/aromatic N) is 1. The van der Waals surface area contributed by atoms with Crippen molar-refractivity contribution in [3.05, 3.63) is 34.9 Å². The van der Waals surface area contributed by atoms with Crippen molar-refractivity contribution < 1.29 is 14.4 Å². The van der Waals surface area contributed by atoms with E-state index in [9.17, 15) is 14.4 Å². The summed E-state index contributed by atoms with van der Waals surface area (Å²) in [6.07, 6.45) is 4.42. The van der Waals surface area contributed by atoms with Crippen LogP contribution in [0.2, 0.25) is 0 Å². The molecule has 4 atom stereocenters. The van der Waals surface area contributed by atoms with E-state index in [2.05, 4.69) is 22.0 Å². The van der Waals surface area contributed by atoms with E-state index in [1.165, 1.54) is 24.8 Å². The summed E-state index contributed by atoms with van der Waals surface area (Å²) in [7, 11) is 0. The molecule has 5 rings (SSSR count). The van der Waals surface area contributed by atoms with E-state index in [0.717, 1.165) is 24.6 Å². The van der Waals surface area contributed by atoms with Gasteiger partial charge in [-0.2, -0.15) is 0 Å². The van der Waals surface area contributed by atoms with Crippen LogP contribution in [0.15, 0.2) is 18.2 Å². The van der Waals surface area contributed by atoms with E-state index >= 15 is 0 Å². The van der Waals surface area contributed by atoms with Crippen LogP contribution in [-0.4, -0.2) is 47.3 Å². The zero-order valence-corrected chi connectivity index (χ0v) is 15.9. The Morgan fingerprint density at radius 3 is 2.89 bits per heavy atom.